The molecule has 0 saturated heterocycles. The lowest BCUT2D eigenvalue weighted by molar-refractivity contribution is -0.161. The summed E-state index contributed by atoms with van der Waals surface area (Å²) in [6.07, 6.45) is 49.4. The van der Waals surface area contributed by atoms with Crippen molar-refractivity contribution in [3.8, 4) is 0 Å². The third-order valence-corrected chi connectivity index (χ3v) is 9.56. The molecule has 0 aliphatic carbocycles. The molecule has 0 aromatic carbocycles. The van der Waals surface area contributed by atoms with Crippen LogP contribution in [0, 0.1) is 0 Å². The first kappa shape index (κ1) is 52.5. The molecule has 0 aromatic heterocycles. The van der Waals surface area contributed by atoms with Gasteiger partial charge >= 0.3 is 19.8 Å². The van der Waals surface area contributed by atoms with Crippen molar-refractivity contribution in [2.45, 2.75) is 174 Å². The van der Waals surface area contributed by atoms with Crippen LogP contribution in [0.2, 0.25) is 0 Å². The average molecular weight is 792 g/mol. The summed E-state index contributed by atoms with van der Waals surface area (Å²) in [5.41, 5.74) is 5.34. The Balaban J connectivity index is 4.27. The van der Waals surface area contributed by atoms with Gasteiger partial charge in [-0.3, -0.25) is 18.6 Å². The van der Waals surface area contributed by atoms with Gasteiger partial charge in [0.05, 0.1) is 13.2 Å². The molecule has 0 heterocycles. The highest BCUT2D eigenvalue weighted by atomic mass is 31.2. The van der Waals surface area contributed by atoms with E-state index in [1.54, 1.807) is 0 Å². The summed E-state index contributed by atoms with van der Waals surface area (Å²) in [5.74, 6) is -0.907. The number of carbonyl (C=O) groups is 2. The summed E-state index contributed by atoms with van der Waals surface area (Å²) >= 11 is 0. The lowest BCUT2D eigenvalue weighted by Crippen LogP contribution is -2.29. The van der Waals surface area contributed by atoms with E-state index in [0.29, 0.717) is 12.8 Å². The highest BCUT2D eigenvalue weighted by Crippen LogP contribution is 2.43. The predicted molar refractivity (Wildman–Crippen MR) is 229 cm³/mol. The van der Waals surface area contributed by atoms with Gasteiger partial charge in [-0.15, -0.1) is 0 Å². The second kappa shape index (κ2) is 41.1. The van der Waals surface area contributed by atoms with Gasteiger partial charge in [0.15, 0.2) is 6.10 Å². The molecular formula is C45H78NO8P. The fourth-order valence-corrected chi connectivity index (χ4v) is 6.19. The standard InChI is InChI=1S/C45H78NO8P/c1-3-5-7-9-11-13-15-17-19-21-23-25-27-29-31-33-35-37-44(47)51-41-43(42-53-55(49,50)52-40-39-46)54-45(48)38-36-34-32-30-28-26-24-22-20-18-16-14-12-10-8-6-4-2/h6,8,12,14,17-20,24,26,30,32,43H,3-5,7,9-11,13,15-16,21-23,25,27-29,31,33-42,46H2,1-2H3,(H,49,50)/b8-6-,14-12-,19-17-,20-18-,26-24-,32-30-/t43-/m1/s1. The Bertz CT molecular complexity index is 1130. The van der Waals surface area contributed by atoms with Gasteiger partial charge in [-0.2, -0.15) is 0 Å². The number of carbonyl (C=O) groups excluding carboxylic acids is 2. The van der Waals surface area contributed by atoms with E-state index in [9.17, 15) is 19.0 Å². The molecule has 9 nitrogen and oxygen atoms in total. The maximum Gasteiger partial charge on any atom is 0.472 e. The van der Waals surface area contributed by atoms with E-state index in [2.05, 4.69) is 80.7 Å². The number of unbranched alkanes of at least 4 members (excludes halogenated alkanes) is 14. The van der Waals surface area contributed by atoms with E-state index in [1.807, 2.05) is 6.08 Å². The minimum Gasteiger partial charge on any atom is -0.462 e. The zero-order valence-electron chi connectivity index (χ0n) is 34.6. The number of hydrogen-bond donors (Lipinski definition) is 2. The van der Waals surface area contributed by atoms with Crippen molar-refractivity contribution in [2.24, 2.45) is 5.73 Å². The summed E-state index contributed by atoms with van der Waals surface area (Å²) in [5, 5.41) is 0. The van der Waals surface area contributed by atoms with Crippen LogP contribution in [0.25, 0.3) is 0 Å². The molecule has 0 aromatic rings. The zero-order chi connectivity index (χ0) is 40.3. The summed E-state index contributed by atoms with van der Waals surface area (Å²) in [7, 11) is -4.40. The highest BCUT2D eigenvalue weighted by molar-refractivity contribution is 7.47. The monoisotopic (exact) mass is 792 g/mol. The number of nitrogens with two attached hydrogens (primary N) is 1. The molecule has 0 saturated carbocycles. The van der Waals surface area contributed by atoms with E-state index in [4.69, 9.17) is 24.3 Å². The van der Waals surface area contributed by atoms with Gasteiger partial charge in [-0.25, -0.2) is 4.57 Å². The van der Waals surface area contributed by atoms with Crippen LogP contribution < -0.4 is 5.73 Å². The lowest BCUT2D eigenvalue weighted by atomic mass is 10.1. The Morgan fingerprint density at radius 1 is 0.564 bits per heavy atom. The Hall–Kier alpha value is -2.55. The number of allylic oxidation sites excluding steroid dienone is 12. The Labute approximate surface area is 335 Å². The Morgan fingerprint density at radius 3 is 1.56 bits per heavy atom. The van der Waals surface area contributed by atoms with Gasteiger partial charge in [-0.05, 0) is 77.0 Å². The number of rotatable bonds is 39. The molecule has 0 aliphatic heterocycles. The molecular weight excluding hydrogens is 713 g/mol. The summed E-state index contributed by atoms with van der Waals surface area (Å²) in [6.45, 7) is 3.53. The first-order valence-electron chi connectivity index (χ1n) is 21.4. The quantitative estimate of drug-likeness (QED) is 0.0270. The number of phosphoric ester groups is 1. The van der Waals surface area contributed by atoms with Crippen LogP contribution in [0.3, 0.4) is 0 Å². The third-order valence-electron chi connectivity index (χ3n) is 8.58. The normalized spacial score (nSPS) is 14.0. The van der Waals surface area contributed by atoms with Crippen molar-refractivity contribution in [1.82, 2.24) is 0 Å². The maximum absolute atomic E-state index is 12.6. The van der Waals surface area contributed by atoms with Crippen LogP contribution in [0.1, 0.15) is 168 Å². The SMILES string of the molecule is CC/C=C\C/C=C\C/C=C\C/C=C\C/C=C\CCCC(=O)O[C@H](COC(=O)CCCCCCCCC/C=C\CCCCCCCC)COP(=O)(O)OCCN. The van der Waals surface area contributed by atoms with Crippen molar-refractivity contribution in [2.75, 3.05) is 26.4 Å². The van der Waals surface area contributed by atoms with Crippen LogP contribution in [-0.4, -0.2) is 49.3 Å². The molecule has 0 amide bonds. The fourth-order valence-electron chi connectivity index (χ4n) is 5.43. The van der Waals surface area contributed by atoms with E-state index in [1.165, 1.54) is 64.2 Å². The predicted octanol–water partition coefficient (Wildman–Crippen LogP) is 12.3. The van der Waals surface area contributed by atoms with Crippen LogP contribution in [-0.2, 0) is 32.7 Å². The summed E-state index contributed by atoms with van der Waals surface area (Å²) in [4.78, 5) is 34.8. The molecule has 0 radical (unpaired) electrons. The van der Waals surface area contributed by atoms with Crippen LogP contribution in [0.4, 0.5) is 0 Å². The topological polar surface area (TPSA) is 134 Å². The maximum atomic E-state index is 12.6. The van der Waals surface area contributed by atoms with Gasteiger partial charge < -0.3 is 20.1 Å². The van der Waals surface area contributed by atoms with Crippen molar-refractivity contribution in [1.29, 1.82) is 0 Å². The van der Waals surface area contributed by atoms with Crippen LogP contribution in [0.15, 0.2) is 72.9 Å². The molecule has 10 heteroatoms. The first-order chi connectivity index (χ1) is 26.8. The van der Waals surface area contributed by atoms with Crippen molar-refractivity contribution >= 4 is 19.8 Å². The molecule has 0 rings (SSSR count). The third kappa shape index (κ3) is 40.9. The lowest BCUT2D eigenvalue weighted by Gasteiger charge is -2.19. The summed E-state index contributed by atoms with van der Waals surface area (Å²) in [6, 6.07) is 0. The van der Waals surface area contributed by atoms with E-state index in [-0.39, 0.29) is 32.6 Å². The van der Waals surface area contributed by atoms with Crippen LogP contribution >= 0.6 is 7.82 Å². The van der Waals surface area contributed by atoms with Gasteiger partial charge in [0.25, 0.3) is 0 Å². The molecule has 0 fully saturated rings. The van der Waals surface area contributed by atoms with E-state index in [0.717, 1.165) is 64.2 Å². The molecule has 2 atom stereocenters. The second-order valence-electron chi connectivity index (χ2n) is 13.8. The number of esters is 2. The Kier molecular flexibility index (Phi) is 39.2. The molecule has 0 bridgehead atoms. The average Bonchev–Trinajstić information content (AvgIpc) is 3.17. The minimum absolute atomic E-state index is 0.0405. The van der Waals surface area contributed by atoms with Gasteiger partial charge in [0.1, 0.15) is 6.61 Å². The first-order valence-corrected chi connectivity index (χ1v) is 22.9. The smallest absolute Gasteiger partial charge is 0.462 e. The molecule has 1 unspecified atom stereocenters. The number of phosphoric acid groups is 1. The van der Waals surface area contributed by atoms with E-state index >= 15 is 0 Å². The van der Waals surface area contributed by atoms with Crippen molar-refractivity contribution in [3.63, 3.8) is 0 Å². The second-order valence-corrected chi connectivity index (χ2v) is 15.3. The Morgan fingerprint density at radius 2 is 1.02 bits per heavy atom. The molecule has 0 spiro atoms. The van der Waals surface area contributed by atoms with Gasteiger partial charge in [-0.1, -0.05) is 151 Å². The molecule has 3 N–H and O–H groups in total. The fraction of sp³-hybridized carbons (Fsp3) is 0.689. The van der Waals surface area contributed by atoms with Crippen molar-refractivity contribution < 1.29 is 37.6 Å². The van der Waals surface area contributed by atoms with Crippen LogP contribution in [0.5, 0.6) is 0 Å². The largest absolute Gasteiger partial charge is 0.472 e. The summed E-state index contributed by atoms with van der Waals surface area (Å²) < 4.78 is 32.7. The highest BCUT2D eigenvalue weighted by Gasteiger charge is 2.25. The van der Waals surface area contributed by atoms with Gasteiger partial charge in [0.2, 0.25) is 0 Å². The van der Waals surface area contributed by atoms with E-state index < -0.39 is 32.5 Å². The molecule has 316 valence electrons. The number of ether oxygens (including phenoxy) is 2. The minimum atomic E-state index is -4.40. The van der Waals surface area contributed by atoms with Crippen molar-refractivity contribution in [3.05, 3.63) is 72.9 Å². The number of hydrogen-bond acceptors (Lipinski definition) is 8. The zero-order valence-corrected chi connectivity index (χ0v) is 35.5. The van der Waals surface area contributed by atoms with Gasteiger partial charge in [0, 0.05) is 19.4 Å². The molecule has 55 heavy (non-hydrogen) atoms. The molecule has 0 aliphatic rings.